The fraction of sp³-hybridized carbons (Fsp3) is 0.0714. The second-order valence-corrected chi connectivity index (χ2v) is 8.50. The summed E-state index contributed by atoms with van der Waals surface area (Å²) in [6.07, 6.45) is 0. The zero-order valence-corrected chi connectivity index (χ0v) is 14.4. The molecule has 0 radical (unpaired) electrons. The first-order valence-electron chi connectivity index (χ1n) is 6.15. The molecule has 124 valence electrons. The van der Waals surface area contributed by atoms with Crippen molar-refractivity contribution in [3.05, 3.63) is 60.2 Å². The third-order valence-corrected chi connectivity index (χ3v) is 4.91. The third-order valence-electron chi connectivity index (χ3n) is 2.61. The van der Waals surface area contributed by atoms with Crippen LogP contribution in [0.15, 0.2) is 64.4 Å². The van der Waals surface area contributed by atoms with Crippen LogP contribution in [-0.2, 0) is 19.1 Å². The Hall–Kier alpha value is -1.74. The summed E-state index contributed by atoms with van der Waals surface area (Å²) in [5, 5.41) is 4.83. The Bertz CT molecular complexity index is 877. The number of ketones is 1. The van der Waals surface area contributed by atoms with Crippen LogP contribution >= 0.6 is 10.7 Å². The van der Waals surface area contributed by atoms with E-state index >= 15 is 0 Å². The van der Waals surface area contributed by atoms with E-state index < -0.39 is 19.1 Å². The number of nitrogens with two attached hydrogens (primary N) is 1. The summed E-state index contributed by atoms with van der Waals surface area (Å²) in [5.74, 6) is -0.112. The minimum Gasteiger partial charge on any atom is -0.295 e. The van der Waals surface area contributed by atoms with Crippen LogP contribution in [0, 0.1) is 0 Å². The number of Topliss-reactive ketones (excluding diaryl/α,β-unsaturated/α-hetero) is 1. The van der Waals surface area contributed by atoms with Crippen molar-refractivity contribution in [3.63, 3.8) is 0 Å². The Morgan fingerprint density at radius 2 is 1.35 bits per heavy atom. The number of carbonyl (C=O) groups is 1. The van der Waals surface area contributed by atoms with Crippen LogP contribution in [0.2, 0.25) is 0 Å². The molecule has 2 aromatic carbocycles. The molecule has 0 saturated heterocycles. The quantitative estimate of drug-likeness (QED) is 0.652. The van der Waals surface area contributed by atoms with Crippen molar-refractivity contribution in [1.29, 1.82) is 0 Å². The molecule has 0 spiro atoms. The van der Waals surface area contributed by atoms with Crippen LogP contribution in [0.4, 0.5) is 0 Å². The number of halogens is 1. The highest BCUT2D eigenvalue weighted by Crippen LogP contribution is 2.15. The van der Waals surface area contributed by atoms with Gasteiger partial charge < -0.3 is 0 Å². The van der Waals surface area contributed by atoms with Gasteiger partial charge in [-0.3, -0.25) is 4.79 Å². The van der Waals surface area contributed by atoms with Crippen LogP contribution in [-0.4, -0.2) is 22.6 Å². The molecule has 0 aromatic heterocycles. The van der Waals surface area contributed by atoms with Crippen molar-refractivity contribution in [2.75, 3.05) is 0 Å². The number of hydrogen-bond acceptors (Lipinski definition) is 5. The first kappa shape index (κ1) is 19.3. The molecule has 0 fully saturated rings. The van der Waals surface area contributed by atoms with Gasteiger partial charge in [0.2, 0.25) is 10.0 Å². The Kier molecular flexibility index (Phi) is 6.46. The normalized spacial score (nSPS) is 11.3. The van der Waals surface area contributed by atoms with Gasteiger partial charge in [-0.2, -0.15) is 0 Å². The van der Waals surface area contributed by atoms with Crippen molar-refractivity contribution < 1.29 is 21.6 Å². The first-order chi connectivity index (χ1) is 10.5. The minimum atomic E-state index is -3.68. The van der Waals surface area contributed by atoms with Gasteiger partial charge in [0, 0.05) is 16.2 Å². The Labute approximate surface area is 139 Å². The number of sulfonamides is 1. The highest BCUT2D eigenvalue weighted by Gasteiger charge is 2.09. The second-order valence-electron chi connectivity index (χ2n) is 4.38. The van der Waals surface area contributed by atoms with Gasteiger partial charge in [0.15, 0.2) is 5.78 Å². The van der Waals surface area contributed by atoms with Gasteiger partial charge in [-0.25, -0.2) is 22.0 Å². The van der Waals surface area contributed by atoms with Gasteiger partial charge in [-0.05, 0) is 31.2 Å². The molecule has 0 saturated carbocycles. The van der Waals surface area contributed by atoms with Crippen LogP contribution in [0.3, 0.4) is 0 Å². The number of rotatable bonds is 3. The summed E-state index contributed by atoms with van der Waals surface area (Å²) in [6, 6.07) is 13.4. The van der Waals surface area contributed by atoms with Crippen molar-refractivity contribution in [2.24, 2.45) is 5.14 Å². The predicted molar refractivity (Wildman–Crippen MR) is 87.3 cm³/mol. The summed E-state index contributed by atoms with van der Waals surface area (Å²) in [4.78, 5) is 11.0. The van der Waals surface area contributed by atoms with Crippen LogP contribution in [0.1, 0.15) is 17.3 Å². The van der Waals surface area contributed by atoms with Gasteiger partial charge in [0.25, 0.3) is 9.05 Å². The predicted octanol–water partition coefficient (Wildman–Crippen LogP) is 2.15. The van der Waals surface area contributed by atoms with Gasteiger partial charge in [0.05, 0.1) is 9.79 Å². The highest BCUT2D eigenvalue weighted by molar-refractivity contribution is 8.13. The Morgan fingerprint density at radius 3 is 1.65 bits per heavy atom. The van der Waals surface area contributed by atoms with Crippen molar-refractivity contribution in [3.8, 4) is 0 Å². The molecule has 0 amide bonds. The van der Waals surface area contributed by atoms with Crippen molar-refractivity contribution in [1.82, 2.24) is 0 Å². The third kappa shape index (κ3) is 6.49. The van der Waals surface area contributed by atoms with E-state index in [1.165, 1.54) is 43.3 Å². The molecular weight excluding hydrogens is 362 g/mol. The summed E-state index contributed by atoms with van der Waals surface area (Å²) in [7, 11) is -2.11. The number of benzene rings is 2. The number of primary sulfonamides is 1. The van der Waals surface area contributed by atoms with Crippen LogP contribution in [0.5, 0.6) is 0 Å². The van der Waals surface area contributed by atoms with E-state index in [-0.39, 0.29) is 15.6 Å². The lowest BCUT2D eigenvalue weighted by molar-refractivity contribution is 0.101. The van der Waals surface area contributed by atoms with Gasteiger partial charge in [-0.15, -0.1) is 0 Å². The molecule has 0 aliphatic heterocycles. The molecule has 23 heavy (non-hydrogen) atoms. The molecule has 0 heterocycles. The molecule has 0 atom stereocenters. The maximum absolute atomic E-state index is 10.8. The van der Waals surface area contributed by atoms with Gasteiger partial charge >= 0.3 is 0 Å². The summed E-state index contributed by atoms with van der Waals surface area (Å²) in [6.45, 7) is 1.41. The lowest BCUT2D eigenvalue weighted by atomic mass is 10.2. The Balaban J connectivity index is 0.000000238. The summed E-state index contributed by atoms with van der Waals surface area (Å²) >= 11 is 0. The first-order valence-corrected chi connectivity index (χ1v) is 10.0. The van der Waals surface area contributed by atoms with E-state index in [1.54, 1.807) is 18.2 Å². The molecule has 2 rings (SSSR count). The zero-order chi connectivity index (χ0) is 17.7. The zero-order valence-electron chi connectivity index (χ0n) is 12.0. The average molecular weight is 376 g/mol. The average Bonchev–Trinajstić information content (AvgIpc) is 2.47. The maximum atomic E-state index is 10.8. The van der Waals surface area contributed by atoms with E-state index in [0.717, 1.165) is 0 Å². The molecule has 2 aromatic rings. The smallest absolute Gasteiger partial charge is 0.261 e. The fourth-order valence-corrected chi connectivity index (χ4v) is 2.77. The molecule has 0 bridgehead atoms. The summed E-state index contributed by atoms with van der Waals surface area (Å²) in [5.41, 5.74) is 0.462. The highest BCUT2D eigenvalue weighted by atomic mass is 35.7. The van der Waals surface area contributed by atoms with Gasteiger partial charge in [-0.1, -0.05) is 30.3 Å². The monoisotopic (exact) mass is 375 g/mol. The standard InChI is InChI=1S/C8H7ClO3S.C6H7NO2S/c1-6(10)7-2-4-8(5-3-7)13(9,11)12;7-10(8,9)6-4-2-1-3-5-6/h2-5H,1H3;1-5H,(H2,7,8,9). The van der Waals surface area contributed by atoms with Crippen molar-refractivity contribution in [2.45, 2.75) is 16.7 Å². The lowest BCUT2D eigenvalue weighted by Gasteiger charge is -1.97. The topological polar surface area (TPSA) is 111 Å². The van der Waals surface area contributed by atoms with E-state index in [9.17, 15) is 21.6 Å². The molecule has 0 unspecified atom stereocenters. The van der Waals surface area contributed by atoms with E-state index in [0.29, 0.717) is 5.56 Å². The number of carbonyl (C=O) groups excluding carboxylic acids is 1. The second kappa shape index (κ2) is 7.69. The van der Waals surface area contributed by atoms with E-state index in [4.69, 9.17) is 15.8 Å². The fourth-order valence-electron chi connectivity index (χ4n) is 1.46. The summed E-state index contributed by atoms with van der Waals surface area (Å²) < 4.78 is 42.8. The molecule has 2 N–H and O–H groups in total. The van der Waals surface area contributed by atoms with Crippen LogP contribution < -0.4 is 5.14 Å². The molecule has 0 aliphatic carbocycles. The van der Waals surface area contributed by atoms with E-state index in [1.807, 2.05) is 0 Å². The molecule has 9 heteroatoms. The lowest BCUT2D eigenvalue weighted by Crippen LogP contribution is -2.11. The van der Waals surface area contributed by atoms with Gasteiger partial charge in [0.1, 0.15) is 0 Å². The molecule has 6 nitrogen and oxygen atoms in total. The molecular formula is C14H14ClNO5S2. The van der Waals surface area contributed by atoms with Crippen LogP contribution in [0.25, 0.3) is 0 Å². The van der Waals surface area contributed by atoms with Crippen molar-refractivity contribution >= 4 is 35.5 Å². The SMILES string of the molecule is CC(=O)c1ccc(S(=O)(=O)Cl)cc1.NS(=O)(=O)c1ccccc1. The maximum Gasteiger partial charge on any atom is 0.261 e. The minimum absolute atomic E-state index is 0.000772. The molecule has 0 aliphatic rings. The van der Waals surface area contributed by atoms with E-state index in [2.05, 4.69) is 0 Å². The largest absolute Gasteiger partial charge is 0.295 e. The number of hydrogen-bond donors (Lipinski definition) is 1. The Morgan fingerprint density at radius 1 is 0.870 bits per heavy atom.